The predicted molar refractivity (Wildman–Crippen MR) is 20.8 cm³/mol. The normalized spacial score (nSPS) is 9.62. The second-order valence-corrected chi connectivity index (χ2v) is 1.95. The first-order valence-corrected chi connectivity index (χ1v) is 2.52. The van der Waals surface area contributed by atoms with E-state index in [1.807, 2.05) is 0 Å². The van der Waals surface area contributed by atoms with Gasteiger partial charge >= 0.3 is 23.1 Å². The van der Waals surface area contributed by atoms with Crippen LogP contribution in [-0.4, -0.2) is 41.3 Å². The van der Waals surface area contributed by atoms with Crippen LogP contribution in [0.4, 0.5) is 4.79 Å². The van der Waals surface area contributed by atoms with Crippen LogP contribution in [0.25, 0.3) is 0 Å². The van der Waals surface area contributed by atoms with Gasteiger partial charge in [0.25, 0.3) is 0 Å². The van der Waals surface area contributed by atoms with Crippen LogP contribution in [-0.2, 0) is 10.1 Å². The third-order valence-electron chi connectivity index (χ3n) is 0.204. The Hall–Kier alpha value is 0.146. The van der Waals surface area contributed by atoms with Crippen LogP contribution in [0.2, 0.25) is 0 Å². The topological polar surface area (TPSA) is 97.3 Å². The van der Waals surface area contributed by atoms with E-state index in [1.165, 1.54) is 0 Å². The maximum atomic E-state index is 9.11. The predicted octanol–water partition coefficient (Wildman–Crippen LogP) is -2.51. The summed E-state index contributed by atoms with van der Waals surface area (Å²) in [6.07, 6.45) is 0. The Morgan fingerprint density at radius 3 is 1.50 bits per heavy atom. The fourth-order valence-corrected chi connectivity index (χ4v) is 0. The first-order chi connectivity index (χ1) is 2.94. The smallest absolute Gasteiger partial charge is 0.743 e. The average Bonchev–Trinajstić information content (AvgIpc) is 1.31. The van der Waals surface area contributed by atoms with E-state index in [4.69, 9.17) is 22.9 Å². The van der Waals surface area contributed by atoms with Gasteiger partial charge in [-0.25, -0.2) is 8.42 Å². The molecule has 0 saturated carbocycles. The summed E-state index contributed by atoms with van der Waals surface area (Å²) >= 11 is 0. The molecule has 0 aliphatic rings. The standard InChI is InChI=1S/CH2O5S.Mg/c2-1(3)7(4,5)6;/h(H,2,3)(H,4,5,6);/q;+2/p-2. The van der Waals surface area contributed by atoms with E-state index in [0.717, 1.165) is 0 Å². The van der Waals surface area contributed by atoms with Crippen LogP contribution in [0.1, 0.15) is 0 Å². The molecule has 0 bridgehead atoms. The molecule has 0 aliphatic heterocycles. The van der Waals surface area contributed by atoms with Gasteiger partial charge in [0.2, 0.25) is 0 Å². The van der Waals surface area contributed by atoms with E-state index in [2.05, 4.69) is 0 Å². The SMILES string of the molecule is O=C([O-])S(=O)(=O)[O-].[Mg+2]. The van der Waals surface area contributed by atoms with Crippen molar-refractivity contribution in [2.45, 2.75) is 0 Å². The summed E-state index contributed by atoms with van der Waals surface area (Å²) in [4.78, 5) is 9.01. The minimum atomic E-state index is -5.19. The summed E-state index contributed by atoms with van der Waals surface area (Å²) in [5.41, 5.74) is 0. The van der Waals surface area contributed by atoms with E-state index >= 15 is 0 Å². The van der Waals surface area contributed by atoms with Crippen molar-refractivity contribution in [3.63, 3.8) is 0 Å². The molecule has 0 atom stereocenters. The Morgan fingerprint density at radius 1 is 1.38 bits per heavy atom. The molecule has 0 aromatic heterocycles. The van der Waals surface area contributed by atoms with Gasteiger partial charge in [0, 0.05) is 0 Å². The molecule has 7 heteroatoms. The van der Waals surface area contributed by atoms with E-state index in [0.29, 0.717) is 0 Å². The van der Waals surface area contributed by atoms with Crippen molar-refractivity contribution in [3.8, 4) is 0 Å². The quantitative estimate of drug-likeness (QED) is 0.279. The summed E-state index contributed by atoms with van der Waals surface area (Å²) < 4.78 is 27.3. The first kappa shape index (κ1) is 11.0. The maximum absolute atomic E-state index is 9.11. The van der Waals surface area contributed by atoms with E-state index in [-0.39, 0.29) is 23.1 Å². The van der Waals surface area contributed by atoms with Crippen molar-refractivity contribution in [2.24, 2.45) is 0 Å². The molecule has 0 N–H and O–H groups in total. The summed E-state index contributed by atoms with van der Waals surface area (Å²) in [7, 11) is -5.19. The minimum absolute atomic E-state index is 0. The molecule has 0 unspecified atom stereocenters. The average molecular weight is 148 g/mol. The molecular formula is CMgO5S. The summed E-state index contributed by atoms with van der Waals surface area (Å²) in [5, 5.41) is 6.42. The summed E-state index contributed by atoms with van der Waals surface area (Å²) in [6.45, 7) is 0. The van der Waals surface area contributed by atoms with Crippen LogP contribution in [0.15, 0.2) is 0 Å². The fourth-order valence-electron chi connectivity index (χ4n) is 0. The van der Waals surface area contributed by atoms with Gasteiger partial charge < -0.3 is 14.5 Å². The number of rotatable bonds is 0. The van der Waals surface area contributed by atoms with Gasteiger partial charge in [0.15, 0.2) is 0 Å². The van der Waals surface area contributed by atoms with Crippen molar-refractivity contribution >= 4 is 38.5 Å². The van der Waals surface area contributed by atoms with Crippen LogP contribution in [0.3, 0.4) is 0 Å². The maximum Gasteiger partial charge on any atom is 2.00 e. The third kappa shape index (κ3) is 4.31. The third-order valence-corrected chi connectivity index (χ3v) is 0.612. The van der Waals surface area contributed by atoms with E-state index in [9.17, 15) is 0 Å². The first-order valence-electron chi connectivity index (χ1n) is 1.11. The molecule has 0 fully saturated rings. The molecule has 0 heterocycles. The Labute approximate surface area is 61.6 Å². The monoisotopic (exact) mass is 148 g/mol. The van der Waals surface area contributed by atoms with Crippen molar-refractivity contribution in [2.75, 3.05) is 0 Å². The second-order valence-electron chi connectivity index (χ2n) is 0.704. The molecule has 0 rings (SSSR count). The van der Waals surface area contributed by atoms with Gasteiger partial charge in [-0.05, 0) is 0 Å². The molecule has 0 aromatic rings. The largest absolute Gasteiger partial charge is 2.00 e. The van der Waals surface area contributed by atoms with Gasteiger partial charge in [0.05, 0.1) is 0 Å². The second kappa shape index (κ2) is 3.23. The van der Waals surface area contributed by atoms with Crippen molar-refractivity contribution in [1.82, 2.24) is 0 Å². The molecule has 5 nitrogen and oxygen atoms in total. The number of carboxylic acid groups (broad SMARTS) is 1. The molecular weight excluding hydrogens is 148 g/mol. The van der Waals surface area contributed by atoms with Crippen molar-refractivity contribution in [3.05, 3.63) is 0 Å². The zero-order valence-electron chi connectivity index (χ0n) is 3.66. The van der Waals surface area contributed by atoms with Crippen LogP contribution < -0.4 is 5.11 Å². The number of carbonyl (C=O) groups is 1. The fraction of sp³-hybridized carbons (Fsp3) is 0. The summed E-state index contributed by atoms with van der Waals surface area (Å²) in [6, 6.07) is 0. The Morgan fingerprint density at radius 2 is 1.50 bits per heavy atom. The zero-order chi connectivity index (χ0) is 6.08. The molecule has 0 aromatic carbocycles. The van der Waals surface area contributed by atoms with Crippen molar-refractivity contribution < 1.29 is 22.9 Å². The van der Waals surface area contributed by atoms with Crippen molar-refractivity contribution in [1.29, 1.82) is 0 Å². The molecule has 42 valence electrons. The Balaban J connectivity index is 0. The number of hydrogen-bond acceptors (Lipinski definition) is 5. The molecule has 0 saturated heterocycles. The van der Waals surface area contributed by atoms with Gasteiger partial charge in [-0.15, -0.1) is 0 Å². The van der Waals surface area contributed by atoms with Gasteiger partial charge in [0.1, 0.15) is 15.4 Å². The Kier molecular flexibility index (Phi) is 4.44. The zero-order valence-corrected chi connectivity index (χ0v) is 5.89. The summed E-state index contributed by atoms with van der Waals surface area (Å²) in [5.74, 6) is 0. The van der Waals surface area contributed by atoms with Gasteiger partial charge in [-0.1, -0.05) is 0 Å². The minimum Gasteiger partial charge on any atom is -0.743 e. The number of carbonyl (C=O) groups excluding carboxylic acids is 1. The molecule has 8 heavy (non-hydrogen) atoms. The molecule has 0 amide bonds. The Bertz CT molecular complexity index is 167. The van der Waals surface area contributed by atoms with Gasteiger partial charge in [-0.2, -0.15) is 0 Å². The van der Waals surface area contributed by atoms with E-state index in [1.54, 1.807) is 0 Å². The number of hydrogen-bond donors (Lipinski definition) is 0. The van der Waals surface area contributed by atoms with Crippen LogP contribution in [0, 0.1) is 0 Å². The molecule has 0 radical (unpaired) electrons. The molecule has 0 spiro atoms. The van der Waals surface area contributed by atoms with Gasteiger partial charge in [-0.3, -0.25) is 0 Å². The van der Waals surface area contributed by atoms with Crippen LogP contribution >= 0.6 is 0 Å². The van der Waals surface area contributed by atoms with Crippen LogP contribution in [0.5, 0.6) is 0 Å². The molecule has 0 aliphatic carbocycles. The van der Waals surface area contributed by atoms with E-state index < -0.39 is 15.4 Å².